The molecule has 0 aliphatic carbocycles. The summed E-state index contributed by atoms with van der Waals surface area (Å²) in [6, 6.07) is 1.68. The van der Waals surface area contributed by atoms with Crippen LogP contribution in [0.15, 0.2) is 12.1 Å². The van der Waals surface area contributed by atoms with Gasteiger partial charge in [0.25, 0.3) is 0 Å². The molecule has 20 heavy (non-hydrogen) atoms. The number of halogens is 4. The summed E-state index contributed by atoms with van der Waals surface area (Å²) >= 11 is 6.71. The fourth-order valence-corrected chi connectivity index (χ4v) is 2.55. The first kappa shape index (κ1) is 17.4. The van der Waals surface area contributed by atoms with Crippen molar-refractivity contribution in [2.75, 3.05) is 18.0 Å². The van der Waals surface area contributed by atoms with Gasteiger partial charge in [-0.1, -0.05) is 45.7 Å². The van der Waals surface area contributed by atoms with Gasteiger partial charge in [0.2, 0.25) is 0 Å². The van der Waals surface area contributed by atoms with Gasteiger partial charge in [0.15, 0.2) is 0 Å². The van der Waals surface area contributed by atoms with Gasteiger partial charge in [0.05, 0.1) is 5.56 Å². The van der Waals surface area contributed by atoms with Crippen LogP contribution < -0.4 is 4.90 Å². The highest BCUT2D eigenvalue weighted by molar-refractivity contribution is 9.09. The van der Waals surface area contributed by atoms with Crippen molar-refractivity contribution in [3.63, 3.8) is 0 Å². The summed E-state index contributed by atoms with van der Waals surface area (Å²) in [5.74, 6) is -3.10. The van der Waals surface area contributed by atoms with E-state index in [1.807, 2.05) is 13.8 Å². The van der Waals surface area contributed by atoms with Crippen molar-refractivity contribution < 1.29 is 18.7 Å². The van der Waals surface area contributed by atoms with Crippen LogP contribution in [0.1, 0.15) is 24.2 Å². The molecule has 2 unspecified atom stereocenters. The van der Waals surface area contributed by atoms with Crippen molar-refractivity contribution >= 4 is 43.5 Å². The van der Waals surface area contributed by atoms with E-state index in [4.69, 9.17) is 5.11 Å². The van der Waals surface area contributed by atoms with Crippen molar-refractivity contribution in [3.05, 3.63) is 29.3 Å². The van der Waals surface area contributed by atoms with E-state index in [-0.39, 0.29) is 15.3 Å². The number of hydrogen-bond acceptors (Lipinski definition) is 2. The number of hydrogen-bond donors (Lipinski definition) is 1. The number of carboxylic acid groups (broad SMARTS) is 1. The maximum absolute atomic E-state index is 14.0. The molecule has 0 saturated heterocycles. The molecule has 0 aliphatic heterocycles. The maximum atomic E-state index is 14.0. The Labute approximate surface area is 133 Å². The summed E-state index contributed by atoms with van der Waals surface area (Å²) in [6.07, 6.45) is 0. The molecule has 1 N–H and O–H groups in total. The number of carboxylic acids is 1. The Morgan fingerprint density at radius 1 is 1.20 bits per heavy atom. The van der Waals surface area contributed by atoms with E-state index in [0.29, 0.717) is 13.1 Å². The second-order valence-electron chi connectivity index (χ2n) is 4.56. The Hall–Kier alpha value is -0.690. The highest BCUT2D eigenvalue weighted by atomic mass is 79.9. The minimum Gasteiger partial charge on any atom is -0.478 e. The third kappa shape index (κ3) is 4.70. The number of aromatic carboxylic acids is 1. The zero-order valence-corrected chi connectivity index (χ0v) is 14.2. The Morgan fingerprint density at radius 2 is 1.60 bits per heavy atom. The minimum atomic E-state index is -1.36. The lowest BCUT2D eigenvalue weighted by Crippen LogP contribution is -2.34. The second-order valence-corrected chi connectivity index (χ2v) is 7.69. The zero-order chi connectivity index (χ0) is 15.4. The van der Waals surface area contributed by atoms with Crippen LogP contribution >= 0.6 is 31.9 Å². The Bertz CT molecular complexity index is 462. The molecule has 0 fully saturated rings. The average Bonchev–Trinajstić information content (AvgIpc) is 2.25. The molecule has 0 amide bonds. The normalized spacial score (nSPS) is 13.9. The molecule has 0 radical (unpaired) electrons. The molecule has 1 rings (SSSR count). The smallest absolute Gasteiger partial charge is 0.335 e. The highest BCUT2D eigenvalue weighted by Gasteiger charge is 2.22. The van der Waals surface area contributed by atoms with Gasteiger partial charge in [-0.05, 0) is 12.1 Å². The number of benzene rings is 1. The minimum absolute atomic E-state index is 0.0340. The van der Waals surface area contributed by atoms with Gasteiger partial charge >= 0.3 is 5.97 Å². The first-order chi connectivity index (χ1) is 9.22. The fourth-order valence-electron chi connectivity index (χ4n) is 1.86. The molecule has 0 spiro atoms. The lowest BCUT2D eigenvalue weighted by atomic mass is 10.1. The number of carbonyl (C=O) groups is 1. The van der Waals surface area contributed by atoms with E-state index < -0.39 is 23.2 Å². The van der Waals surface area contributed by atoms with Crippen LogP contribution in [0.4, 0.5) is 14.5 Å². The van der Waals surface area contributed by atoms with Gasteiger partial charge < -0.3 is 10.0 Å². The summed E-state index contributed by atoms with van der Waals surface area (Å²) in [4.78, 5) is 12.4. The molecule has 2 atom stereocenters. The standard InChI is InChI=1S/C13H15Br2F2NO2/c1-7(14)5-18(6-8(2)15)12-10(16)3-9(13(19)20)4-11(12)17/h3-4,7-8H,5-6H2,1-2H3,(H,19,20). The molecule has 7 heteroatoms. The molecule has 1 aromatic carbocycles. The maximum Gasteiger partial charge on any atom is 0.335 e. The fraction of sp³-hybridized carbons (Fsp3) is 0.462. The van der Waals surface area contributed by atoms with Gasteiger partial charge in [-0.3, -0.25) is 0 Å². The van der Waals surface area contributed by atoms with Gasteiger partial charge in [-0.25, -0.2) is 13.6 Å². The van der Waals surface area contributed by atoms with Gasteiger partial charge in [0.1, 0.15) is 17.3 Å². The number of alkyl halides is 2. The van der Waals surface area contributed by atoms with Crippen molar-refractivity contribution in [3.8, 4) is 0 Å². The summed E-state index contributed by atoms with van der Waals surface area (Å²) in [5.41, 5.74) is -0.602. The molecule has 0 saturated carbocycles. The first-order valence-corrected chi connectivity index (χ1v) is 7.81. The third-order valence-electron chi connectivity index (χ3n) is 2.52. The molecule has 1 aromatic rings. The van der Waals surface area contributed by atoms with Crippen molar-refractivity contribution in [1.29, 1.82) is 0 Å². The molecule has 3 nitrogen and oxygen atoms in total. The average molecular weight is 415 g/mol. The van der Waals surface area contributed by atoms with E-state index in [1.165, 1.54) is 0 Å². The zero-order valence-electron chi connectivity index (χ0n) is 11.0. The largest absolute Gasteiger partial charge is 0.478 e. The summed E-state index contributed by atoms with van der Waals surface area (Å²) in [6.45, 7) is 4.53. The topological polar surface area (TPSA) is 40.5 Å². The lowest BCUT2D eigenvalue weighted by molar-refractivity contribution is 0.0695. The second kappa shape index (κ2) is 7.36. The predicted molar refractivity (Wildman–Crippen MR) is 82.3 cm³/mol. The van der Waals surface area contributed by atoms with Gasteiger partial charge in [0, 0.05) is 22.7 Å². The van der Waals surface area contributed by atoms with Crippen molar-refractivity contribution in [2.24, 2.45) is 0 Å². The summed E-state index contributed by atoms with van der Waals surface area (Å²) in [5, 5.41) is 8.79. The third-order valence-corrected chi connectivity index (χ3v) is 3.10. The van der Waals surface area contributed by atoms with Crippen LogP contribution in [0.2, 0.25) is 0 Å². The molecule has 0 heterocycles. The van der Waals surface area contributed by atoms with Crippen molar-refractivity contribution in [1.82, 2.24) is 0 Å². The quantitative estimate of drug-likeness (QED) is 0.714. The van der Waals surface area contributed by atoms with Crippen LogP contribution in [0, 0.1) is 11.6 Å². The predicted octanol–water partition coefficient (Wildman–Crippen LogP) is 4.04. The Balaban J connectivity index is 3.22. The van der Waals surface area contributed by atoms with E-state index in [2.05, 4.69) is 31.9 Å². The van der Waals surface area contributed by atoms with Crippen LogP contribution in [-0.2, 0) is 0 Å². The molecule has 0 aromatic heterocycles. The molecular weight excluding hydrogens is 400 g/mol. The van der Waals surface area contributed by atoms with Crippen molar-refractivity contribution in [2.45, 2.75) is 23.5 Å². The van der Waals surface area contributed by atoms with Gasteiger partial charge in [-0.15, -0.1) is 0 Å². The first-order valence-electron chi connectivity index (χ1n) is 5.97. The molecule has 0 aliphatic rings. The van der Waals surface area contributed by atoms with Crippen LogP contribution in [0.3, 0.4) is 0 Å². The van der Waals surface area contributed by atoms with E-state index in [0.717, 1.165) is 12.1 Å². The highest BCUT2D eigenvalue weighted by Crippen LogP contribution is 2.27. The Morgan fingerprint density at radius 3 is 1.90 bits per heavy atom. The summed E-state index contributed by atoms with van der Waals surface area (Å²) in [7, 11) is 0. The lowest BCUT2D eigenvalue weighted by Gasteiger charge is -2.28. The molecule has 0 bridgehead atoms. The van der Waals surface area contributed by atoms with E-state index >= 15 is 0 Å². The number of anilines is 1. The molecular formula is C13H15Br2F2NO2. The van der Waals surface area contributed by atoms with E-state index in [9.17, 15) is 13.6 Å². The van der Waals surface area contributed by atoms with E-state index in [1.54, 1.807) is 4.90 Å². The van der Waals surface area contributed by atoms with Crippen LogP contribution in [-0.4, -0.2) is 33.8 Å². The SMILES string of the molecule is CC(Br)CN(CC(C)Br)c1c(F)cc(C(=O)O)cc1F. The Kier molecular flexibility index (Phi) is 6.39. The summed E-state index contributed by atoms with van der Waals surface area (Å²) < 4.78 is 28.1. The van der Waals surface area contributed by atoms with Crippen LogP contribution in [0.25, 0.3) is 0 Å². The number of nitrogens with zero attached hydrogens (tertiary/aromatic N) is 1. The number of rotatable bonds is 6. The monoisotopic (exact) mass is 413 g/mol. The van der Waals surface area contributed by atoms with Gasteiger partial charge in [-0.2, -0.15) is 0 Å². The molecule has 112 valence electrons. The van der Waals surface area contributed by atoms with Crippen LogP contribution in [0.5, 0.6) is 0 Å².